The van der Waals surface area contributed by atoms with Crippen molar-refractivity contribution in [3.05, 3.63) is 67.0 Å². The van der Waals surface area contributed by atoms with E-state index in [1.807, 2.05) is 0 Å². The third-order valence-corrected chi connectivity index (χ3v) is 5.63. The summed E-state index contributed by atoms with van der Waals surface area (Å²) in [4.78, 5) is 25.8. The molecule has 0 spiro atoms. The highest BCUT2D eigenvalue weighted by Crippen LogP contribution is 2.30. The number of halogens is 3. The van der Waals surface area contributed by atoms with Crippen LogP contribution in [0, 0.1) is 0 Å². The Bertz CT molecular complexity index is 1340. The number of ether oxygens (including phenoxy) is 1. The van der Waals surface area contributed by atoms with Crippen molar-refractivity contribution in [2.45, 2.75) is 31.0 Å². The van der Waals surface area contributed by atoms with Gasteiger partial charge in [0.05, 0.1) is 17.4 Å². The summed E-state index contributed by atoms with van der Waals surface area (Å²) in [6, 6.07) is 9.57. The largest absolute Gasteiger partial charge is 0.487 e. The van der Waals surface area contributed by atoms with Crippen molar-refractivity contribution in [2.75, 3.05) is 11.9 Å². The van der Waals surface area contributed by atoms with E-state index in [0.29, 0.717) is 22.8 Å². The molecule has 0 atom stereocenters. The number of hydrogen-bond acceptors (Lipinski definition) is 6. The van der Waals surface area contributed by atoms with Gasteiger partial charge in [0.2, 0.25) is 0 Å². The number of aromatic nitrogens is 4. The quantitative estimate of drug-likeness (QED) is 0.326. The molecular formula is C24H21ClF2N6O2. The number of amides is 1. The Morgan fingerprint density at radius 1 is 1.17 bits per heavy atom. The highest BCUT2D eigenvalue weighted by Gasteiger charge is 2.27. The molecule has 0 saturated heterocycles. The molecule has 1 saturated carbocycles. The Hall–Kier alpha value is -3.63. The first-order valence-corrected chi connectivity index (χ1v) is 11.4. The SMILES string of the molecule is O=C(Nc1ccc(OC(F)(F)Cl)cc1)c1cc(-c2cncnc2)c2c(c1)ncn2CCNC1CC1. The fraction of sp³-hybridized carbons (Fsp3) is 0.250. The number of alkyl halides is 3. The Morgan fingerprint density at radius 3 is 2.60 bits per heavy atom. The molecule has 2 heterocycles. The minimum atomic E-state index is -3.81. The lowest BCUT2D eigenvalue weighted by Crippen LogP contribution is -2.21. The van der Waals surface area contributed by atoms with Crippen LogP contribution in [0.2, 0.25) is 0 Å². The number of nitrogens with zero attached hydrogens (tertiary/aromatic N) is 4. The maximum Gasteiger partial charge on any atom is 0.487 e. The Labute approximate surface area is 204 Å². The first-order valence-electron chi connectivity index (χ1n) is 11.0. The van der Waals surface area contributed by atoms with Crippen molar-refractivity contribution in [1.82, 2.24) is 24.8 Å². The molecule has 5 rings (SSSR count). The topological polar surface area (TPSA) is 94.0 Å². The van der Waals surface area contributed by atoms with Crippen LogP contribution < -0.4 is 15.4 Å². The van der Waals surface area contributed by atoms with E-state index in [-0.39, 0.29) is 11.7 Å². The molecule has 35 heavy (non-hydrogen) atoms. The predicted octanol–water partition coefficient (Wildman–Crippen LogP) is 4.67. The molecule has 0 unspecified atom stereocenters. The van der Waals surface area contributed by atoms with E-state index in [9.17, 15) is 13.6 Å². The van der Waals surface area contributed by atoms with Crippen molar-refractivity contribution in [3.8, 4) is 16.9 Å². The molecule has 11 heteroatoms. The number of imidazole rings is 1. The molecule has 2 N–H and O–H groups in total. The highest BCUT2D eigenvalue weighted by atomic mass is 35.5. The van der Waals surface area contributed by atoms with Gasteiger partial charge in [-0.3, -0.25) is 4.79 Å². The average Bonchev–Trinajstić information content (AvgIpc) is 3.57. The van der Waals surface area contributed by atoms with Gasteiger partial charge in [-0.05, 0) is 49.2 Å². The normalized spacial score (nSPS) is 13.7. The number of nitrogens with one attached hydrogen (secondary N) is 2. The first-order chi connectivity index (χ1) is 16.9. The van der Waals surface area contributed by atoms with Crippen LogP contribution in [0.25, 0.3) is 22.2 Å². The third-order valence-electron chi connectivity index (χ3n) is 5.56. The summed E-state index contributed by atoms with van der Waals surface area (Å²) in [6.07, 6.45) is 9.01. The van der Waals surface area contributed by atoms with Crippen LogP contribution in [0.3, 0.4) is 0 Å². The average molecular weight is 499 g/mol. The molecule has 0 bridgehead atoms. The number of carbonyl (C=O) groups is 1. The summed E-state index contributed by atoms with van der Waals surface area (Å²) in [5, 5.41) is 6.26. The number of benzene rings is 2. The highest BCUT2D eigenvalue weighted by molar-refractivity contribution is 6.20. The molecular weight excluding hydrogens is 478 g/mol. The molecule has 0 aliphatic heterocycles. The smallest absolute Gasteiger partial charge is 0.420 e. The molecule has 180 valence electrons. The molecule has 4 aromatic rings. The maximum absolute atomic E-state index is 13.1. The van der Waals surface area contributed by atoms with Gasteiger partial charge in [0, 0.05) is 65.5 Å². The number of rotatable bonds is 9. The predicted molar refractivity (Wildman–Crippen MR) is 128 cm³/mol. The summed E-state index contributed by atoms with van der Waals surface area (Å²) < 4.78 is 32.0. The minimum absolute atomic E-state index is 0.127. The van der Waals surface area contributed by atoms with Gasteiger partial charge >= 0.3 is 5.57 Å². The van der Waals surface area contributed by atoms with Crippen molar-refractivity contribution in [1.29, 1.82) is 0 Å². The van der Waals surface area contributed by atoms with Gasteiger partial charge in [-0.15, -0.1) is 8.78 Å². The van der Waals surface area contributed by atoms with E-state index in [1.165, 1.54) is 43.4 Å². The summed E-state index contributed by atoms with van der Waals surface area (Å²) in [6.45, 7) is 1.55. The van der Waals surface area contributed by atoms with Crippen LogP contribution >= 0.6 is 11.6 Å². The van der Waals surface area contributed by atoms with Crippen LogP contribution in [0.4, 0.5) is 14.5 Å². The standard InChI is InChI=1S/C24H21ClF2N6O2/c25-24(26,27)35-19-5-3-18(4-6-19)32-23(34)15-9-20(16-11-28-13-29-12-16)22-21(10-15)31-14-33(22)8-7-30-17-1-2-17/h3-6,9-14,17,30H,1-2,7-8H2,(H,32,34). The second-order valence-corrected chi connectivity index (χ2v) is 8.65. The fourth-order valence-corrected chi connectivity index (χ4v) is 3.88. The van der Waals surface area contributed by atoms with Crippen molar-refractivity contribution >= 4 is 34.2 Å². The van der Waals surface area contributed by atoms with Gasteiger partial charge in [-0.2, -0.15) is 0 Å². The second kappa shape index (κ2) is 9.55. The lowest BCUT2D eigenvalue weighted by molar-refractivity contribution is -0.0964. The summed E-state index contributed by atoms with van der Waals surface area (Å²) in [5.41, 5.74) is 0.0629. The summed E-state index contributed by atoms with van der Waals surface area (Å²) in [5.74, 6) is -0.510. The van der Waals surface area contributed by atoms with E-state index < -0.39 is 5.57 Å². The van der Waals surface area contributed by atoms with E-state index >= 15 is 0 Å². The van der Waals surface area contributed by atoms with Crippen LogP contribution in [0.15, 0.2) is 61.4 Å². The molecule has 1 amide bonds. The van der Waals surface area contributed by atoms with E-state index in [4.69, 9.17) is 11.6 Å². The molecule has 2 aromatic heterocycles. The van der Waals surface area contributed by atoms with Crippen molar-refractivity contribution in [3.63, 3.8) is 0 Å². The lowest BCUT2D eigenvalue weighted by Gasteiger charge is -2.13. The van der Waals surface area contributed by atoms with Crippen LogP contribution in [0.1, 0.15) is 23.2 Å². The van der Waals surface area contributed by atoms with E-state index in [0.717, 1.165) is 29.7 Å². The van der Waals surface area contributed by atoms with Crippen LogP contribution in [0.5, 0.6) is 5.75 Å². The Kier molecular flexibility index (Phi) is 6.31. The van der Waals surface area contributed by atoms with Crippen LogP contribution in [-0.4, -0.2) is 43.6 Å². The number of hydrogen-bond donors (Lipinski definition) is 2. The number of anilines is 1. The van der Waals surface area contributed by atoms with Crippen molar-refractivity contribution in [2.24, 2.45) is 0 Å². The second-order valence-electron chi connectivity index (χ2n) is 8.21. The maximum atomic E-state index is 13.1. The zero-order valence-electron chi connectivity index (χ0n) is 18.4. The fourth-order valence-electron chi connectivity index (χ4n) is 3.79. The molecule has 2 aromatic carbocycles. The molecule has 1 aliphatic carbocycles. The van der Waals surface area contributed by atoms with Gasteiger partial charge in [-0.1, -0.05) is 0 Å². The minimum Gasteiger partial charge on any atom is -0.420 e. The van der Waals surface area contributed by atoms with Gasteiger partial charge in [0.25, 0.3) is 5.91 Å². The molecule has 0 radical (unpaired) electrons. The van der Waals surface area contributed by atoms with E-state index in [1.54, 1.807) is 30.9 Å². The summed E-state index contributed by atoms with van der Waals surface area (Å²) in [7, 11) is 0. The van der Waals surface area contributed by atoms with Gasteiger partial charge in [0.15, 0.2) is 0 Å². The lowest BCUT2D eigenvalue weighted by atomic mass is 10.0. The zero-order chi connectivity index (χ0) is 24.4. The Morgan fingerprint density at radius 2 is 1.91 bits per heavy atom. The van der Waals surface area contributed by atoms with Gasteiger partial charge in [0.1, 0.15) is 12.1 Å². The molecule has 1 fully saturated rings. The first kappa shape index (κ1) is 23.1. The molecule has 8 nitrogen and oxygen atoms in total. The number of fused-ring (bicyclic) bond motifs is 1. The molecule has 1 aliphatic rings. The Balaban J connectivity index is 1.42. The summed E-state index contributed by atoms with van der Waals surface area (Å²) >= 11 is 4.79. The van der Waals surface area contributed by atoms with Crippen LogP contribution in [-0.2, 0) is 6.54 Å². The monoisotopic (exact) mass is 498 g/mol. The third kappa shape index (κ3) is 5.72. The van der Waals surface area contributed by atoms with Crippen molar-refractivity contribution < 1.29 is 18.3 Å². The van der Waals surface area contributed by atoms with E-state index in [2.05, 4.69) is 34.9 Å². The van der Waals surface area contributed by atoms with Gasteiger partial charge in [-0.25, -0.2) is 15.0 Å². The number of carbonyl (C=O) groups excluding carboxylic acids is 1. The van der Waals surface area contributed by atoms with Gasteiger partial charge < -0.3 is 19.9 Å². The zero-order valence-corrected chi connectivity index (χ0v) is 19.2.